The molecule has 0 saturated carbocycles. The molecule has 0 bridgehead atoms. The molecule has 0 aromatic heterocycles. The highest BCUT2D eigenvalue weighted by Crippen LogP contribution is 2.35. The van der Waals surface area contributed by atoms with Crippen molar-refractivity contribution in [2.24, 2.45) is 0 Å². The van der Waals surface area contributed by atoms with Crippen LogP contribution in [0.1, 0.15) is 31.2 Å². The predicted molar refractivity (Wildman–Crippen MR) is 78.0 cm³/mol. The molecule has 2 heterocycles. The molecule has 0 aliphatic carbocycles. The number of carbonyl (C=O) groups excluding carboxylic acids is 1. The number of benzene rings is 1. The average Bonchev–Trinajstić information content (AvgIpc) is 3.13. The minimum Gasteiger partial charge on any atom is -0.492 e. The summed E-state index contributed by atoms with van der Waals surface area (Å²) in [5, 5.41) is 3.35. The molecule has 1 fully saturated rings. The fourth-order valence-corrected chi connectivity index (χ4v) is 3.19. The number of fused-ring (bicyclic) bond motifs is 1. The molecule has 1 N–H and O–H groups in total. The highest BCUT2D eigenvalue weighted by atomic mass is 16.5. The topological polar surface area (TPSA) is 41.6 Å². The van der Waals surface area contributed by atoms with E-state index in [1.165, 1.54) is 0 Å². The van der Waals surface area contributed by atoms with E-state index in [2.05, 4.69) is 17.1 Å². The third-order valence-corrected chi connectivity index (χ3v) is 4.22. The first-order valence-corrected chi connectivity index (χ1v) is 7.54. The summed E-state index contributed by atoms with van der Waals surface area (Å²) in [6, 6.07) is 8.24. The number of ether oxygens (including phenoxy) is 1. The maximum absolute atomic E-state index is 12.9. The minimum absolute atomic E-state index is 0.127. The second-order valence-electron chi connectivity index (χ2n) is 5.58. The summed E-state index contributed by atoms with van der Waals surface area (Å²) in [6.07, 6.45) is 2.05. The van der Waals surface area contributed by atoms with Crippen molar-refractivity contribution in [2.75, 3.05) is 26.2 Å². The van der Waals surface area contributed by atoms with Crippen molar-refractivity contribution in [1.82, 2.24) is 10.2 Å². The summed E-state index contributed by atoms with van der Waals surface area (Å²) in [5.74, 6) is 0.968. The van der Waals surface area contributed by atoms with Crippen molar-refractivity contribution in [3.63, 3.8) is 0 Å². The van der Waals surface area contributed by atoms with Gasteiger partial charge in [-0.05, 0) is 25.5 Å². The number of carbonyl (C=O) groups is 1. The molecule has 108 valence electrons. The van der Waals surface area contributed by atoms with Crippen LogP contribution in [0.4, 0.5) is 0 Å². The van der Waals surface area contributed by atoms with Crippen molar-refractivity contribution in [1.29, 1.82) is 0 Å². The zero-order valence-electron chi connectivity index (χ0n) is 12.0. The lowest BCUT2D eigenvalue weighted by atomic mass is 9.98. The summed E-state index contributed by atoms with van der Waals surface area (Å²) < 4.78 is 5.66. The fourth-order valence-electron chi connectivity index (χ4n) is 3.19. The Morgan fingerprint density at radius 1 is 1.45 bits per heavy atom. The fraction of sp³-hybridized carbons (Fsp3) is 0.562. The Morgan fingerprint density at radius 3 is 3.05 bits per heavy atom. The molecule has 1 amide bonds. The number of hydrogen-bond donors (Lipinski definition) is 1. The number of nitrogens with zero attached hydrogens (tertiary/aromatic N) is 1. The van der Waals surface area contributed by atoms with E-state index in [0.717, 1.165) is 43.8 Å². The van der Waals surface area contributed by atoms with E-state index in [9.17, 15) is 4.79 Å². The Kier molecular flexibility index (Phi) is 3.92. The highest BCUT2D eigenvalue weighted by Gasteiger charge is 2.36. The first-order chi connectivity index (χ1) is 9.81. The predicted octanol–water partition coefficient (Wildman–Crippen LogP) is 1.76. The van der Waals surface area contributed by atoms with E-state index in [1.54, 1.807) is 0 Å². The summed E-state index contributed by atoms with van der Waals surface area (Å²) >= 11 is 0. The van der Waals surface area contributed by atoms with Gasteiger partial charge in [-0.15, -0.1) is 0 Å². The van der Waals surface area contributed by atoms with Crippen LogP contribution < -0.4 is 10.1 Å². The van der Waals surface area contributed by atoms with Crippen molar-refractivity contribution < 1.29 is 9.53 Å². The van der Waals surface area contributed by atoms with Gasteiger partial charge in [0, 0.05) is 24.7 Å². The minimum atomic E-state index is -0.127. The lowest BCUT2D eigenvalue weighted by Crippen LogP contribution is -2.44. The zero-order valence-corrected chi connectivity index (χ0v) is 12.0. The van der Waals surface area contributed by atoms with Gasteiger partial charge in [-0.3, -0.25) is 4.79 Å². The monoisotopic (exact) mass is 274 g/mol. The van der Waals surface area contributed by atoms with E-state index < -0.39 is 0 Å². The van der Waals surface area contributed by atoms with Crippen LogP contribution >= 0.6 is 0 Å². The van der Waals surface area contributed by atoms with E-state index in [0.29, 0.717) is 12.6 Å². The molecule has 0 spiro atoms. The Labute approximate surface area is 120 Å². The number of para-hydroxylation sites is 1. The van der Waals surface area contributed by atoms with Gasteiger partial charge in [0.15, 0.2) is 0 Å². The van der Waals surface area contributed by atoms with E-state index in [4.69, 9.17) is 4.74 Å². The molecular formula is C16H22N2O2. The van der Waals surface area contributed by atoms with Gasteiger partial charge in [0.2, 0.25) is 5.91 Å². The van der Waals surface area contributed by atoms with Crippen LogP contribution in [-0.2, 0) is 4.79 Å². The van der Waals surface area contributed by atoms with Crippen LogP contribution in [-0.4, -0.2) is 43.1 Å². The van der Waals surface area contributed by atoms with Crippen molar-refractivity contribution in [3.8, 4) is 5.75 Å². The number of hydrogen-bond acceptors (Lipinski definition) is 3. The Bertz CT molecular complexity index is 483. The molecule has 1 aromatic carbocycles. The second kappa shape index (κ2) is 5.83. The summed E-state index contributed by atoms with van der Waals surface area (Å²) in [7, 11) is 0. The molecule has 2 aliphatic heterocycles. The van der Waals surface area contributed by atoms with Gasteiger partial charge >= 0.3 is 0 Å². The van der Waals surface area contributed by atoms with Crippen molar-refractivity contribution >= 4 is 5.91 Å². The van der Waals surface area contributed by atoms with E-state index in [-0.39, 0.29) is 11.8 Å². The first-order valence-electron chi connectivity index (χ1n) is 7.54. The van der Waals surface area contributed by atoms with Crippen molar-refractivity contribution in [2.45, 2.75) is 31.7 Å². The Balaban J connectivity index is 1.80. The van der Waals surface area contributed by atoms with Crippen LogP contribution in [0, 0.1) is 0 Å². The van der Waals surface area contributed by atoms with Crippen LogP contribution in [0.5, 0.6) is 5.75 Å². The van der Waals surface area contributed by atoms with Gasteiger partial charge in [-0.25, -0.2) is 0 Å². The van der Waals surface area contributed by atoms with Crippen LogP contribution in [0.25, 0.3) is 0 Å². The summed E-state index contributed by atoms with van der Waals surface area (Å²) in [4.78, 5) is 15.0. The van der Waals surface area contributed by atoms with Crippen LogP contribution in [0.3, 0.4) is 0 Å². The number of nitrogens with one attached hydrogen (secondary N) is 1. The van der Waals surface area contributed by atoms with Crippen LogP contribution in [0.2, 0.25) is 0 Å². The van der Waals surface area contributed by atoms with Gasteiger partial charge in [0.25, 0.3) is 0 Å². The van der Waals surface area contributed by atoms with Gasteiger partial charge in [-0.2, -0.15) is 0 Å². The molecule has 2 atom stereocenters. The maximum Gasteiger partial charge on any atom is 0.234 e. The molecule has 4 heteroatoms. The third kappa shape index (κ3) is 2.40. The lowest BCUT2D eigenvalue weighted by Gasteiger charge is -2.30. The largest absolute Gasteiger partial charge is 0.492 e. The molecule has 20 heavy (non-hydrogen) atoms. The summed E-state index contributed by atoms with van der Waals surface area (Å²) in [6.45, 7) is 5.38. The molecule has 1 saturated heterocycles. The maximum atomic E-state index is 12.9. The smallest absolute Gasteiger partial charge is 0.234 e. The van der Waals surface area contributed by atoms with E-state index in [1.807, 2.05) is 24.3 Å². The average molecular weight is 274 g/mol. The van der Waals surface area contributed by atoms with Gasteiger partial charge in [0.1, 0.15) is 18.3 Å². The quantitative estimate of drug-likeness (QED) is 0.909. The number of rotatable bonds is 4. The molecule has 3 rings (SSSR count). The van der Waals surface area contributed by atoms with Gasteiger partial charge in [0.05, 0.1) is 0 Å². The molecule has 0 radical (unpaired) electrons. The SMILES string of the molecule is CCCN(C(=O)C1COc2ccccc21)C1CCNC1. The lowest BCUT2D eigenvalue weighted by molar-refractivity contribution is -0.135. The zero-order chi connectivity index (χ0) is 13.9. The normalized spacial score (nSPS) is 24.2. The molecule has 2 aliphatic rings. The number of amides is 1. The van der Waals surface area contributed by atoms with Crippen molar-refractivity contribution in [3.05, 3.63) is 29.8 Å². The van der Waals surface area contributed by atoms with Gasteiger partial charge in [-0.1, -0.05) is 25.1 Å². The molecular weight excluding hydrogens is 252 g/mol. The second-order valence-corrected chi connectivity index (χ2v) is 5.58. The van der Waals surface area contributed by atoms with E-state index >= 15 is 0 Å². The van der Waals surface area contributed by atoms with Gasteiger partial charge < -0.3 is 15.0 Å². The Hall–Kier alpha value is -1.55. The molecule has 1 aromatic rings. The highest BCUT2D eigenvalue weighted by molar-refractivity contribution is 5.86. The van der Waals surface area contributed by atoms with Crippen LogP contribution in [0.15, 0.2) is 24.3 Å². The molecule has 2 unspecified atom stereocenters. The molecule has 4 nitrogen and oxygen atoms in total. The Morgan fingerprint density at radius 2 is 2.30 bits per heavy atom. The summed E-state index contributed by atoms with van der Waals surface area (Å²) in [5.41, 5.74) is 1.05. The standard InChI is InChI=1S/C16H22N2O2/c1-2-9-18(12-7-8-17-10-12)16(19)14-11-20-15-6-4-3-5-13(14)15/h3-6,12,14,17H,2,7-11H2,1H3. The third-order valence-electron chi connectivity index (χ3n) is 4.22. The first kappa shape index (κ1) is 13.4.